The molecule has 0 atom stereocenters. The van der Waals surface area contributed by atoms with E-state index in [1.807, 2.05) is 37.5 Å². The number of nitrogens with zero attached hydrogens (tertiary/aromatic N) is 5. The summed E-state index contributed by atoms with van der Waals surface area (Å²) in [6, 6.07) is 8.05. The predicted molar refractivity (Wildman–Crippen MR) is 132 cm³/mol. The summed E-state index contributed by atoms with van der Waals surface area (Å²) in [5, 5.41) is 7.25. The monoisotopic (exact) mass is 454 g/mol. The number of rotatable bonds is 4. The minimum absolute atomic E-state index is 0.107. The Balaban J connectivity index is 1.31. The van der Waals surface area contributed by atoms with Crippen LogP contribution in [0.25, 0.3) is 22.3 Å². The number of fused-ring (bicyclic) bond motifs is 2. The third kappa shape index (κ3) is 3.54. The summed E-state index contributed by atoms with van der Waals surface area (Å²) in [6.07, 6.45) is 5.51. The fourth-order valence-electron chi connectivity index (χ4n) is 4.72. The average Bonchev–Trinajstić information content (AvgIpc) is 3.44. The first-order chi connectivity index (χ1) is 16.6. The van der Waals surface area contributed by atoms with Crippen molar-refractivity contribution in [3.8, 4) is 11.3 Å². The maximum absolute atomic E-state index is 12.8. The van der Waals surface area contributed by atoms with E-state index in [1.165, 1.54) is 0 Å². The number of nitrogens with one attached hydrogen (secondary N) is 3. The lowest BCUT2D eigenvalue weighted by Gasteiger charge is -2.33. The molecule has 9 heteroatoms. The van der Waals surface area contributed by atoms with E-state index in [0.717, 1.165) is 65.4 Å². The number of carbonyl (C=O) groups is 1. The highest BCUT2D eigenvalue weighted by molar-refractivity contribution is 6.06. The fraction of sp³-hybridized carbons (Fsp3) is 0.280. The molecule has 172 valence electrons. The van der Waals surface area contributed by atoms with E-state index in [-0.39, 0.29) is 5.91 Å². The number of aromatic amines is 1. The van der Waals surface area contributed by atoms with Gasteiger partial charge in [-0.2, -0.15) is 0 Å². The van der Waals surface area contributed by atoms with Crippen molar-refractivity contribution in [2.75, 3.05) is 43.4 Å². The van der Waals surface area contributed by atoms with Gasteiger partial charge in [0.2, 0.25) is 0 Å². The molecule has 2 aliphatic heterocycles. The van der Waals surface area contributed by atoms with Crippen LogP contribution < -0.4 is 15.5 Å². The van der Waals surface area contributed by atoms with Crippen LogP contribution in [0.3, 0.4) is 0 Å². The summed E-state index contributed by atoms with van der Waals surface area (Å²) >= 11 is 0. The Morgan fingerprint density at radius 1 is 1.03 bits per heavy atom. The smallest absolute Gasteiger partial charge is 0.254 e. The lowest BCUT2D eigenvalue weighted by atomic mass is 10.0. The Morgan fingerprint density at radius 2 is 1.88 bits per heavy atom. The molecule has 2 aliphatic rings. The van der Waals surface area contributed by atoms with Crippen molar-refractivity contribution in [3.05, 3.63) is 59.7 Å². The quantitative estimate of drug-likeness (QED) is 0.436. The second-order valence-electron chi connectivity index (χ2n) is 8.92. The number of hydrogen-bond acceptors (Lipinski definition) is 7. The van der Waals surface area contributed by atoms with E-state index in [9.17, 15) is 4.79 Å². The molecule has 0 aliphatic carbocycles. The molecular weight excluding hydrogens is 428 g/mol. The maximum atomic E-state index is 12.8. The number of anilines is 3. The van der Waals surface area contributed by atoms with Crippen LogP contribution >= 0.6 is 0 Å². The normalized spacial score (nSPS) is 16.1. The van der Waals surface area contributed by atoms with Crippen molar-refractivity contribution >= 4 is 34.1 Å². The summed E-state index contributed by atoms with van der Waals surface area (Å²) < 4.78 is 0. The van der Waals surface area contributed by atoms with Gasteiger partial charge in [-0.25, -0.2) is 9.97 Å². The fourth-order valence-corrected chi connectivity index (χ4v) is 4.72. The molecule has 6 rings (SSSR count). The number of amides is 1. The van der Waals surface area contributed by atoms with Crippen molar-refractivity contribution < 1.29 is 4.79 Å². The lowest BCUT2D eigenvalue weighted by Crippen LogP contribution is -2.44. The molecule has 0 unspecified atom stereocenters. The molecule has 3 N–H and O–H groups in total. The summed E-state index contributed by atoms with van der Waals surface area (Å²) in [6.45, 7) is 6.48. The molecule has 4 aromatic rings. The lowest BCUT2D eigenvalue weighted by molar-refractivity contribution is 0.0966. The van der Waals surface area contributed by atoms with Crippen molar-refractivity contribution in [2.24, 2.45) is 0 Å². The zero-order chi connectivity index (χ0) is 23.2. The SMILES string of the molecule is Cc1ccc2c(-c3ncc(Nc4ccc(N5CCN(C)CC5)cn4)c4c3CNC4=O)c[nH]c2n1. The second-order valence-corrected chi connectivity index (χ2v) is 8.92. The Morgan fingerprint density at radius 3 is 2.68 bits per heavy atom. The van der Waals surface area contributed by atoms with Gasteiger partial charge in [-0.1, -0.05) is 0 Å². The third-order valence-corrected chi connectivity index (χ3v) is 6.64. The molecule has 0 radical (unpaired) electrons. The van der Waals surface area contributed by atoms with Crippen LogP contribution in [0.5, 0.6) is 0 Å². The number of aryl methyl sites for hydroxylation is 1. The summed E-state index contributed by atoms with van der Waals surface area (Å²) in [4.78, 5) is 34.6. The summed E-state index contributed by atoms with van der Waals surface area (Å²) in [7, 11) is 2.15. The summed E-state index contributed by atoms with van der Waals surface area (Å²) in [5.41, 5.74) is 6.75. The highest BCUT2D eigenvalue weighted by atomic mass is 16.1. The van der Waals surface area contributed by atoms with Gasteiger partial charge < -0.3 is 25.4 Å². The Bertz CT molecular complexity index is 1390. The standard InChI is InChI=1S/C25H26N8O/c1-15-3-5-17-18(12-28-24(17)30-15)23-19-13-29-25(34)22(19)20(14-27-23)31-21-6-4-16(11-26-21)33-9-7-32(2)8-10-33/h3-6,11-12,14H,7-10,13H2,1-2H3,(H,26,31)(H,28,30)(H,29,34). The molecule has 1 fully saturated rings. The van der Waals surface area contributed by atoms with Gasteiger partial charge in [0.25, 0.3) is 5.91 Å². The molecule has 0 spiro atoms. The van der Waals surface area contributed by atoms with Crippen LogP contribution in [0.1, 0.15) is 21.6 Å². The molecular formula is C25H26N8O. The van der Waals surface area contributed by atoms with Gasteiger partial charge in [0.15, 0.2) is 0 Å². The van der Waals surface area contributed by atoms with Gasteiger partial charge in [0.1, 0.15) is 11.5 Å². The van der Waals surface area contributed by atoms with Crippen molar-refractivity contribution in [3.63, 3.8) is 0 Å². The van der Waals surface area contributed by atoms with Crippen LogP contribution in [0.15, 0.2) is 42.9 Å². The largest absolute Gasteiger partial charge is 0.368 e. The third-order valence-electron chi connectivity index (χ3n) is 6.64. The highest BCUT2D eigenvalue weighted by Gasteiger charge is 2.28. The van der Waals surface area contributed by atoms with Crippen LogP contribution in [0.4, 0.5) is 17.2 Å². The number of carbonyl (C=O) groups excluding carboxylic acids is 1. The molecule has 1 saturated heterocycles. The van der Waals surface area contributed by atoms with Crippen molar-refractivity contribution in [1.82, 2.24) is 30.2 Å². The van der Waals surface area contributed by atoms with E-state index in [1.54, 1.807) is 6.20 Å². The predicted octanol–water partition coefficient (Wildman–Crippen LogP) is 3.07. The van der Waals surface area contributed by atoms with E-state index in [4.69, 9.17) is 4.98 Å². The van der Waals surface area contributed by atoms with E-state index >= 15 is 0 Å². The first-order valence-corrected chi connectivity index (χ1v) is 11.5. The zero-order valence-corrected chi connectivity index (χ0v) is 19.2. The van der Waals surface area contributed by atoms with Crippen LogP contribution in [0.2, 0.25) is 0 Å². The topological polar surface area (TPSA) is 102 Å². The molecule has 1 amide bonds. The van der Waals surface area contributed by atoms with E-state index in [0.29, 0.717) is 23.6 Å². The summed E-state index contributed by atoms with van der Waals surface area (Å²) in [5.74, 6) is 0.574. The number of hydrogen-bond donors (Lipinski definition) is 3. The van der Waals surface area contributed by atoms with Crippen molar-refractivity contribution in [1.29, 1.82) is 0 Å². The Labute approximate surface area is 197 Å². The molecule has 0 bridgehead atoms. The first-order valence-electron chi connectivity index (χ1n) is 11.5. The number of H-pyrrole nitrogens is 1. The van der Waals surface area contributed by atoms with Crippen LogP contribution in [-0.4, -0.2) is 64.0 Å². The molecule has 6 heterocycles. The Kier molecular flexibility index (Phi) is 4.91. The number of aromatic nitrogens is 4. The van der Waals surface area contributed by atoms with Gasteiger partial charge in [0.05, 0.1) is 35.0 Å². The van der Waals surface area contributed by atoms with Gasteiger partial charge >= 0.3 is 0 Å². The minimum atomic E-state index is -0.107. The molecule has 0 aromatic carbocycles. The highest BCUT2D eigenvalue weighted by Crippen LogP contribution is 2.36. The molecule has 0 saturated carbocycles. The van der Waals surface area contributed by atoms with Gasteiger partial charge in [-0.05, 0) is 38.2 Å². The number of likely N-dealkylation sites (N-methyl/N-ethyl adjacent to an activating group) is 1. The van der Waals surface area contributed by atoms with Crippen LogP contribution in [0, 0.1) is 6.92 Å². The molecule has 34 heavy (non-hydrogen) atoms. The zero-order valence-electron chi connectivity index (χ0n) is 19.2. The van der Waals surface area contributed by atoms with Crippen LogP contribution in [-0.2, 0) is 6.54 Å². The Hall–Kier alpha value is -3.98. The number of piperazine rings is 1. The first kappa shape index (κ1) is 20.6. The molecule has 9 nitrogen and oxygen atoms in total. The minimum Gasteiger partial charge on any atom is -0.368 e. The second kappa shape index (κ2) is 8.11. The number of pyridine rings is 3. The van der Waals surface area contributed by atoms with Gasteiger partial charge in [-0.3, -0.25) is 9.78 Å². The van der Waals surface area contributed by atoms with E-state index in [2.05, 4.69) is 48.5 Å². The maximum Gasteiger partial charge on any atom is 0.254 e. The van der Waals surface area contributed by atoms with Gasteiger partial charge in [-0.15, -0.1) is 0 Å². The molecule has 4 aromatic heterocycles. The van der Waals surface area contributed by atoms with Crippen molar-refractivity contribution in [2.45, 2.75) is 13.5 Å². The van der Waals surface area contributed by atoms with E-state index < -0.39 is 0 Å². The average molecular weight is 455 g/mol. The van der Waals surface area contributed by atoms with Gasteiger partial charge in [0, 0.05) is 61.1 Å².